The maximum absolute atomic E-state index is 10.4. The molecule has 0 fully saturated rings. The van der Waals surface area contributed by atoms with Gasteiger partial charge in [0.1, 0.15) is 0 Å². The summed E-state index contributed by atoms with van der Waals surface area (Å²) in [5, 5.41) is 8.57. The molecule has 14 heavy (non-hydrogen) atoms. The van der Waals surface area contributed by atoms with E-state index in [1.54, 1.807) is 0 Å². The van der Waals surface area contributed by atoms with Gasteiger partial charge in [-0.3, -0.25) is 4.79 Å². The summed E-state index contributed by atoms with van der Waals surface area (Å²) in [4.78, 5) is 10.4. The molecule has 2 nitrogen and oxygen atoms in total. The summed E-state index contributed by atoms with van der Waals surface area (Å²) in [6.07, 6.45) is 2.00. The van der Waals surface area contributed by atoms with Gasteiger partial charge in [-0.25, -0.2) is 0 Å². The van der Waals surface area contributed by atoms with Crippen LogP contribution in [0.15, 0.2) is 29.8 Å². The third-order valence-corrected chi connectivity index (χ3v) is 1.92. The molecule has 1 aromatic rings. The Bertz CT molecular complexity index is 347. The number of hydrogen-bond acceptors (Lipinski definition) is 1. The minimum absolute atomic E-state index is 0.105. The van der Waals surface area contributed by atoms with Crippen LogP contribution >= 0.6 is 0 Å². The van der Waals surface area contributed by atoms with Gasteiger partial charge in [0.05, 0.1) is 6.42 Å². The average molecular weight is 190 g/mol. The monoisotopic (exact) mass is 190 g/mol. The summed E-state index contributed by atoms with van der Waals surface area (Å²) in [5.74, 6) is -0.786. The topological polar surface area (TPSA) is 37.3 Å². The van der Waals surface area contributed by atoms with Crippen molar-refractivity contribution >= 4 is 12.0 Å². The third kappa shape index (κ3) is 3.44. The van der Waals surface area contributed by atoms with Crippen LogP contribution in [0.4, 0.5) is 0 Å². The van der Waals surface area contributed by atoms with Gasteiger partial charge in [-0.1, -0.05) is 41.5 Å². The van der Waals surface area contributed by atoms with Gasteiger partial charge in [0.15, 0.2) is 0 Å². The van der Waals surface area contributed by atoms with Gasteiger partial charge in [-0.15, -0.1) is 0 Å². The Balaban J connectivity index is 2.76. The molecule has 1 N–H and O–H groups in total. The van der Waals surface area contributed by atoms with E-state index in [1.165, 1.54) is 5.56 Å². The van der Waals surface area contributed by atoms with Crippen LogP contribution in [-0.4, -0.2) is 11.1 Å². The number of carboxylic acid groups (broad SMARTS) is 1. The van der Waals surface area contributed by atoms with Crippen molar-refractivity contribution in [2.75, 3.05) is 0 Å². The summed E-state index contributed by atoms with van der Waals surface area (Å²) in [5.41, 5.74) is 3.12. The molecule has 0 aliphatic heterocycles. The van der Waals surface area contributed by atoms with E-state index >= 15 is 0 Å². The molecule has 0 bridgehead atoms. The van der Waals surface area contributed by atoms with Gasteiger partial charge in [0.25, 0.3) is 0 Å². The lowest BCUT2D eigenvalue weighted by molar-refractivity contribution is -0.136. The third-order valence-electron chi connectivity index (χ3n) is 1.92. The number of hydrogen-bond donors (Lipinski definition) is 1. The zero-order chi connectivity index (χ0) is 10.6. The standard InChI is InChI=1S/C12H14O2/c1-9-3-5-11(6-4-9)7-10(2)8-12(13)14/h3-7H,8H2,1-2H3,(H,13,14)/b10-7+. The molecule has 0 radical (unpaired) electrons. The van der Waals surface area contributed by atoms with Crippen molar-refractivity contribution in [1.82, 2.24) is 0 Å². The fourth-order valence-corrected chi connectivity index (χ4v) is 1.24. The second-order valence-electron chi connectivity index (χ2n) is 3.47. The summed E-state index contributed by atoms with van der Waals surface area (Å²) in [7, 11) is 0. The molecule has 0 saturated heterocycles. The van der Waals surface area contributed by atoms with E-state index in [-0.39, 0.29) is 6.42 Å². The lowest BCUT2D eigenvalue weighted by atomic mass is 10.1. The molecule has 0 spiro atoms. The Hall–Kier alpha value is -1.57. The molecule has 74 valence electrons. The van der Waals surface area contributed by atoms with E-state index in [0.29, 0.717) is 0 Å². The fraction of sp³-hybridized carbons (Fsp3) is 0.250. The Labute approximate surface area is 83.9 Å². The van der Waals surface area contributed by atoms with Gasteiger partial charge in [0.2, 0.25) is 0 Å². The number of carboxylic acids is 1. The molecular weight excluding hydrogens is 176 g/mol. The predicted octanol–water partition coefficient (Wildman–Crippen LogP) is 2.87. The van der Waals surface area contributed by atoms with Crippen LogP contribution in [0, 0.1) is 6.92 Å². The number of carbonyl (C=O) groups is 1. The second-order valence-corrected chi connectivity index (χ2v) is 3.47. The maximum Gasteiger partial charge on any atom is 0.307 e. The van der Waals surface area contributed by atoms with Crippen molar-refractivity contribution < 1.29 is 9.90 Å². The minimum atomic E-state index is -0.786. The average Bonchev–Trinajstić information content (AvgIpc) is 2.07. The highest BCUT2D eigenvalue weighted by Gasteiger charge is 1.98. The Morgan fingerprint density at radius 3 is 2.43 bits per heavy atom. The number of aryl methyl sites for hydroxylation is 1. The van der Waals surface area contributed by atoms with Crippen LogP contribution in [0.1, 0.15) is 24.5 Å². The molecule has 2 heteroatoms. The summed E-state index contributed by atoms with van der Waals surface area (Å²) in [6.45, 7) is 3.85. The van der Waals surface area contributed by atoms with Crippen molar-refractivity contribution in [2.24, 2.45) is 0 Å². The van der Waals surface area contributed by atoms with E-state index in [4.69, 9.17) is 5.11 Å². The highest BCUT2D eigenvalue weighted by Crippen LogP contribution is 2.10. The predicted molar refractivity (Wildman–Crippen MR) is 57.1 cm³/mol. The first kappa shape index (κ1) is 10.5. The molecule has 0 aliphatic rings. The molecule has 0 unspecified atom stereocenters. The number of rotatable bonds is 3. The van der Waals surface area contributed by atoms with Gasteiger partial charge in [0, 0.05) is 0 Å². The molecule has 0 aliphatic carbocycles. The van der Waals surface area contributed by atoms with Crippen LogP contribution in [0.25, 0.3) is 6.08 Å². The number of benzene rings is 1. The van der Waals surface area contributed by atoms with E-state index in [9.17, 15) is 4.79 Å². The molecule has 0 saturated carbocycles. The molecule has 0 atom stereocenters. The van der Waals surface area contributed by atoms with Crippen LogP contribution < -0.4 is 0 Å². The van der Waals surface area contributed by atoms with Crippen LogP contribution in [-0.2, 0) is 4.79 Å². The largest absolute Gasteiger partial charge is 0.481 e. The van der Waals surface area contributed by atoms with E-state index in [1.807, 2.05) is 44.2 Å². The molecular formula is C12H14O2. The van der Waals surface area contributed by atoms with Crippen LogP contribution in [0.2, 0.25) is 0 Å². The lowest BCUT2D eigenvalue weighted by Gasteiger charge is -1.98. The van der Waals surface area contributed by atoms with Crippen molar-refractivity contribution in [2.45, 2.75) is 20.3 Å². The van der Waals surface area contributed by atoms with Gasteiger partial charge < -0.3 is 5.11 Å². The maximum atomic E-state index is 10.4. The molecule has 0 heterocycles. The summed E-state index contributed by atoms with van der Waals surface area (Å²) >= 11 is 0. The smallest absolute Gasteiger partial charge is 0.307 e. The minimum Gasteiger partial charge on any atom is -0.481 e. The highest BCUT2D eigenvalue weighted by atomic mass is 16.4. The zero-order valence-corrected chi connectivity index (χ0v) is 8.45. The van der Waals surface area contributed by atoms with Gasteiger partial charge in [-0.2, -0.15) is 0 Å². The van der Waals surface area contributed by atoms with E-state index in [0.717, 1.165) is 11.1 Å². The molecule has 1 rings (SSSR count). The van der Waals surface area contributed by atoms with Crippen LogP contribution in [0.3, 0.4) is 0 Å². The lowest BCUT2D eigenvalue weighted by Crippen LogP contribution is -1.94. The summed E-state index contributed by atoms with van der Waals surface area (Å²) < 4.78 is 0. The van der Waals surface area contributed by atoms with E-state index in [2.05, 4.69) is 0 Å². The highest BCUT2D eigenvalue weighted by molar-refractivity contribution is 5.72. The quantitative estimate of drug-likeness (QED) is 0.795. The molecule has 0 aromatic heterocycles. The molecule has 1 aromatic carbocycles. The van der Waals surface area contributed by atoms with Crippen molar-refractivity contribution in [1.29, 1.82) is 0 Å². The van der Waals surface area contributed by atoms with Gasteiger partial charge >= 0.3 is 5.97 Å². The number of aliphatic carboxylic acids is 1. The summed E-state index contributed by atoms with van der Waals surface area (Å²) in [6, 6.07) is 8.00. The first-order valence-electron chi connectivity index (χ1n) is 4.53. The molecule has 0 amide bonds. The Morgan fingerprint density at radius 1 is 1.36 bits per heavy atom. The SMILES string of the molecule is C/C(=C\c1ccc(C)cc1)CC(=O)O. The van der Waals surface area contributed by atoms with Crippen LogP contribution in [0.5, 0.6) is 0 Å². The van der Waals surface area contributed by atoms with Gasteiger partial charge in [-0.05, 0) is 19.4 Å². The zero-order valence-electron chi connectivity index (χ0n) is 8.45. The van der Waals surface area contributed by atoms with Crippen molar-refractivity contribution in [3.63, 3.8) is 0 Å². The Morgan fingerprint density at radius 2 is 1.93 bits per heavy atom. The van der Waals surface area contributed by atoms with Crippen molar-refractivity contribution in [3.8, 4) is 0 Å². The van der Waals surface area contributed by atoms with Crippen molar-refractivity contribution in [3.05, 3.63) is 41.0 Å². The fourth-order valence-electron chi connectivity index (χ4n) is 1.24. The normalized spacial score (nSPS) is 11.4. The second kappa shape index (κ2) is 4.61. The Kier molecular flexibility index (Phi) is 3.46. The first-order valence-corrected chi connectivity index (χ1v) is 4.53. The first-order chi connectivity index (χ1) is 6.58. The van der Waals surface area contributed by atoms with E-state index < -0.39 is 5.97 Å².